The van der Waals surface area contributed by atoms with Gasteiger partial charge in [0, 0.05) is 36.8 Å². The largest absolute Gasteiger partial charge is 0.463 e. The van der Waals surface area contributed by atoms with Crippen LogP contribution in [-0.4, -0.2) is 47.9 Å². The van der Waals surface area contributed by atoms with Crippen molar-refractivity contribution in [2.75, 3.05) is 37.8 Å². The topological polar surface area (TPSA) is 60.4 Å². The van der Waals surface area contributed by atoms with Crippen molar-refractivity contribution < 1.29 is 9.47 Å². The van der Waals surface area contributed by atoms with Crippen molar-refractivity contribution in [2.45, 2.75) is 13.3 Å². The van der Waals surface area contributed by atoms with Crippen LogP contribution in [-0.2, 0) is 11.2 Å². The first-order valence-electron chi connectivity index (χ1n) is 11.0. The molecule has 0 saturated carbocycles. The summed E-state index contributed by atoms with van der Waals surface area (Å²) in [5, 5.41) is 1.03. The molecule has 0 amide bonds. The van der Waals surface area contributed by atoms with Crippen LogP contribution in [0.3, 0.4) is 0 Å². The first kappa shape index (κ1) is 20.4. The lowest BCUT2D eigenvalue weighted by molar-refractivity contribution is 0.122. The Morgan fingerprint density at radius 3 is 2.62 bits per heavy atom. The fourth-order valence-corrected chi connectivity index (χ4v) is 3.97. The highest BCUT2D eigenvalue weighted by Crippen LogP contribution is 2.31. The molecular weight excluding hydrogens is 400 g/mol. The van der Waals surface area contributed by atoms with Crippen LogP contribution >= 0.6 is 0 Å². The first-order chi connectivity index (χ1) is 15.8. The predicted molar refractivity (Wildman–Crippen MR) is 126 cm³/mol. The first-order valence-corrected chi connectivity index (χ1v) is 11.0. The van der Waals surface area contributed by atoms with Crippen LogP contribution in [0.5, 0.6) is 6.01 Å². The Bertz CT molecular complexity index is 1210. The summed E-state index contributed by atoms with van der Waals surface area (Å²) in [6, 6.07) is 21.2. The van der Waals surface area contributed by atoms with Crippen LogP contribution in [0, 0.1) is 6.92 Å². The smallest absolute Gasteiger partial charge is 0.318 e. The average molecular weight is 427 g/mol. The fourth-order valence-electron chi connectivity index (χ4n) is 3.97. The number of aryl methyl sites for hydroxylation is 1. The van der Waals surface area contributed by atoms with E-state index in [9.17, 15) is 0 Å². The highest BCUT2D eigenvalue weighted by atomic mass is 16.5. The molecule has 32 heavy (non-hydrogen) atoms. The van der Waals surface area contributed by atoms with Crippen LogP contribution in [0.25, 0.3) is 22.0 Å². The number of aromatic nitrogens is 3. The molecule has 1 aliphatic rings. The van der Waals surface area contributed by atoms with Crippen LogP contribution in [0.4, 0.5) is 5.82 Å². The van der Waals surface area contributed by atoms with Crippen molar-refractivity contribution in [3.05, 3.63) is 78.1 Å². The van der Waals surface area contributed by atoms with Gasteiger partial charge in [-0.1, -0.05) is 42.0 Å². The molecule has 0 atom stereocenters. The highest BCUT2D eigenvalue weighted by molar-refractivity contribution is 5.93. The molecule has 6 heteroatoms. The number of morpholine rings is 1. The molecule has 3 heterocycles. The minimum atomic E-state index is 0.401. The van der Waals surface area contributed by atoms with Crippen LogP contribution in [0.2, 0.25) is 0 Å². The lowest BCUT2D eigenvalue weighted by Crippen LogP contribution is -2.37. The molecule has 1 fully saturated rings. The number of hydrogen-bond donors (Lipinski definition) is 0. The van der Waals surface area contributed by atoms with E-state index >= 15 is 0 Å². The molecule has 0 bridgehead atoms. The molecule has 0 N–H and O–H groups in total. The average Bonchev–Trinajstić information content (AvgIpc) is 2.84. The van der Waals surface area contributed by atoms with Gasteiger partial charge < -0.3 is 14.4 Å². The van der Waals surface area contributed by atoms with E-state index in [1.54, 1.807) is 6.20 Å². The second-order valence-electron chi connectivity index (χ2n) is 7.95. The van der Waals surface area contributed by atoms with Gasteiger partial charge in [0.25, 0.3) is 0 Å². The third-order valence-corrected chi connectivity index (χ3v) is 5.63. The minimum absolute atomic E-state index is 0.401. The number of nitrogens with zero attached hydrogens (tertiary/aromatic N) is 4. The zero-order valence-corrected chi connectivity index (χ0v) is 18.2. The van der Waals surface area contributed by atoms with Crippen molar-refractivity contribution >= 4 is 16.7 Å². The van der Waals surface area contributed by atoms with E-state index in [0.717, 1.165) is 41.1 Å². The van der Waals surface area contributed by atoms with Gasteiger partial charge in [0.05, 0.1) is 25.3 Å². The van der Waals surface area contributed by atoms with Gasteiger partial charge in [0.15, 0.2) is 0 Å². The van der Waals surface area contributed by atoms with Gasteiger partial charge in [-0.2, -0.15) is 9.97 Å². The quantitative estimate of drug-likeness (QED) is 0.454. The molecule has 0 unspecified atom stereocenters. The maximum absolute atomic E-state index is 5.96. The number of ether oxygens (including phenoxy) is 2. The SMILES string of the molecule is Cc1cccc(-c2ccc3nc(OCCc4ccccn4)nc(N4CCOCC4)c3c2)c1. The van der Waals surface area contributed by atoms with Crippen LogP contribution in [0.15, 0.2) is 66.9 Å². The van der Waals surface area contributed by atoms with Crippen LogP contribution in [0.1, 0.15) is 11.3 Å². The Morgan fingerprint density at radius 2 is 1.81 bits per heavy atom. The number of anilines is 1. The van der Waals surface area contributed by atoms with Gasteiger partial charge in [-0.05, 0) is 42.3 Å². The van der Waals surface area contributed by atoms with Gasteiger partial charge >= 0.3 is 6.01 Å². The highest BCUT2D eigenvalue weighted by Gasteiger charge is 2.18. The Hall–Kier alpha value is -3.51. The second-order valence-corrected chi connectivity index (χ2v) is 7.95. The monoisotopic (exact) mass is 426 g/mol. The van der Waals surface area contributed by atoms with E-state index in [1.807, 2.05) is 18.2 Å². The number of hydrogen-bond acceptors (Lipinski definition) is 6. The zero-order chi connectivity index (χ0) is 21.8. The van der Waals surface area contributed by atoms with Crippen molar-refractivity contribution in [1.29, 1.82) is 0 Å². The Kier molecular flexibility index (Phi) is 5.94. The Balaban J connectivity index is 1.48. The van der Waals surface area contributed by atoms with Crippen molar-refractivity contribution in [2.24, 2.45) is 0 Å². The van der Waals surface area contributed by atoms with Gasteiger partial charge in [0.1, 0.15) is 5.82 Å². The van der Waals surface area contributed by atoms with Gasteiger partial charge in [0.2, 0.25) is 0 Å². The third kappa shape index (κ3) is 4.55. The molecule has 1 saturated heterocycles. The second kappa shape index (κ2) is 9.32. The standard InChI is InChI=1S/C26H26N4O2/c1-19-5-4-6-20(17-19)21-8-9-24-23(18-21)25(30-12-15-31-16-13-30)29-26(28-24)32-14-10-22-7-2-3-11-27-22/h2-9,11,17-18H,10,12-16H2,1H3. The molecule has 4 aromatic rings. The number of pyridine rings is 1. The molecule has 2 aromatic carbocycles. The van der Waals surface area contributed by atoms with Crippen molar-refractivity contribution in [3.8, 4) is 17.1 Å². The summed E-state index contributed by atoms with van der Waals surface area (Å²) in [6.07, 6.45) is 2.51. The maximum Gasteiger partial charge on any atom is 0.318 e. The molecule has 6 nitrogen and oxygen atoms in total. The Morgan fingerprint density at radius 1 is 0.938 bits per heavy atom. The van der Waals surface area contributed by atoms with E-state index in [-0.39, 0.29) is 0 Å². The molecular formula is C26H26N4O2. The lowest BCUT2D eigenvalue weighted by atomic mass is 10.0. The van der Waals surface area contributed by atoms with E-state index < -0.39 is 0 Å². The van der Waals surface area contributed by atoms with E-state index in [0.29, 0.717) is 32.3 Å². The lowest BCUT2D eigenvalue weighted by Gasteiger charge is -2.29. The summed E-state index contributed by atoms with van der Waals surface area (Å²) in [7, 11) is 0. The van der Waals surface area contributed by atoms with E-state index in [1.165, 1.54) is 11.1 Å². The maximum atomic E-state index is 5.96. The summed E-state index contributed by atoms with van der Waals surface area (Å²) in [5.74, 6) is 0.903. The molecule has 162 valence electrons. The number of benzene rings is 2. The normalized spacial score (nSPS) is 14.0. The summed E-state index contributed by atoms with van der Waals surface area (Å²) in [4.78, 5) is 16.1. The molecule has 0 spiro atoms. The van der Waals surface area contributed by atoms with Gasteiger partial charge in [-0.25, -0.2) is 0 Å². The predicted octanol–water partition coefficient (Wildman–Crippen LogP) is 4.46. The summed E-state index contributed by atoms with van der Waals surface area (Å²) >= 11 is 0. The van der Waals surface area contributed by atoms with E-state index in [4.69, 9.17) is 19.4 Å². The van der Waals surface area contributed by atoms with Gasteiger partial charge in [-0.15, -0.1) is 0 Å². The molecule has 0 radical (unpaired) electrons. The summed E-state index contributed by atoms with van der Waals surface area (Å²) in [5.41, 5.74) is 5.46. The van der Waals surface area contributed by atoms with Gasteiger partial charge in [-0.3, -0.25) is 4.98 Å². The molecule has 1 aliphatic heterocycles. The Labute approximate surface area is 187 Å². The number of fused-ring (bicyclic) bond motifs is 1. The van der Waals surface area contributed by atoms with E-state index in [2.05, 4.69) is 59.3 Å². The van der Waals surface area contributed by atoms with Crippen molar-refractivity contribution in [3.63, 3.8) is 0 Å². The molecule has 5 rings (SSSR count). The molecule has 0 aliphatic carbocycles. The minimum Gasteiger partial charge on any atom is -0.463 e. The number of rotatable bonds is 6. The summed E-state index contributed by atoms with van der Waals surface area (Å²) < 4.78 is 11.5. The molecule has 2 aromatic heterocycles. The van der Waals surface area contributed by atoms with Crippen molar-refractivity contribution in [1.82, 2.24) is 15.0 Å². The third-order valence-electron chi connectivity index (χ3n) is 5.63. The van der Waals surface area contributed by atoms with Crippen LogP contribution < -0.4 is 9.64 Å². The fraction of sp³-hybridized carbons (Fsp3) is 0.269. The zero-order valence-electron chi connectivity index (χ0n) is 18.2. The summed E-state index contributed by atoms with van der Waals surface area (Å²) in [6.45, 7) is 5.58.